The quantitative estimate of drug-likeness (QED) is 0.688. The summed E-state index contributed by atoms with van der Waals surface area (Å²) in [4.78, 5) is 8.45. The Labute approximate surface area is 106 Å². The zero-order chi connectivity index (χ0) is 12.5. The van der Waals surface area contributed by atoms with Gasteiger partial charge in [0.25, 0.3) is 0 Å². The number of rotatable bonds is 2. The first-order valence-corrected chi connectivity index (χ1v) is 5.86. The fraction of sp³-hybridized carbons (Fsp3) is 0.143. The van der Waals surface area contributed by atoms with Gasteiger partial charge in [0.2, 0.25) is 0 Å². The molecule has 0 saturated carbocycles. The number of hydrogen-bond acceptors (Lipinski definition) is 2. The molecule has 0 unspecified atom stereocenters. The number of nitrogens with zero attached hydrogens (tertiary/aromatic N) is 4. The van der Waals surface area contributed by atoms with E-state index in [1.54, 1.807) is 0 Å². The highest BCUT2D eigenvalue weighted by Crippen LogP contribution is 2.15. The largest absolute Gasteiger partial charge is 0.304 e. The zero-order valence-electron chi connectivity index (χ0n) is 10.4. The Morgan fingerprint density at radius 1 is 0.722 bits per heavy atom. The van der Waals surface area contributed by atoms with Crippen molar-refractivity contribution in [3.8, 4) is 11.4 Å². The molecule has 0 amide bonds. The van der Waals surface area contributed by atoms with Gasteiger partial charge >= 0.3 is 0 Å². The molecular weight excluding hydrogens is 224 g/mol. The molecule has 2 heterocycles. The first-order chi connectivity index (χ1) is 8.75. The molecule has 0 N–H and O–H groups in total. The van der Waals surface area contributed by atoms with Crippen LogP contribution >= 0.6 is 0 Å². The molecule has 4 heteroatoms. The smallest absolute Gasteiger partial charge is 0.110 e. The van der Waals surface area contributed by atoms with E-state index in [2.05, 4.69) is 43.4 Å². The highest BCUT2D eigenvalue weighted by Gasteiger charge is 2.02. The van der Waals surface area contributed by atoms with Crippen molar-refractivity contribution in [2.24, 2.45) is 0 Å². The normalized spacial score (nSPS) is 10.8. The monoisotopic (exact) mass is 238 g/mol. The van der Waals surface area contributed by atoms with Gasteiger partial charge in [0.05, 0.1) is 0 Å². The second-order valence-electron chi connectivity index (χ2n) is 4.21. The minimum Gasteiger partial charge on any atom is -0.304 e. The summed E-state index contributed by atoms with van der Waals surface area (Å²) in [6.45, 7) is 3.99. The molecule has 3 rings (SSSR count). The Hall–Kier alpha value is -2.36. The van der Waals surface area contributed by atoms with Gasteiger partial charge in [-0.25, -0.2) is 9.97 Å². The van der Waals surface area contributed by atoms with E-state index in [9.17, 15) is 0 Å². The molecule has 0 radical (unpaired) electrons. The van der Waals surface area contributed by atoms with Crippen LogP contribution in [-0.4, -0.2) is 19.1 Å². The summed E-state index contributed by atoms with van der Waals surface area (Å²) in [5.74, 6) is 1.98. The lowest BCUT2D eigenvalue weighted by Crippen LogP contribution is -1.98. The van der Waals surface area contributed by atoms with E-state index < -0.39 is 0 Å². The minimum atomic E-state index is 0.988. The lowest BCUT2D eigenvalue weighted by atomic mass is 10.2. The van der Waals surface area contributed by atoms with Crippen LogP contribution in [0.3, 0.4) is 0 Å². The average Bonchev–Trinajstić information content (AvgIpc) is 2.98. The van der Waals surface area contributed by atoms with Crippen molar-refractivity contribution < 1.29 is 0 Å². The molecule has 0 aliphatic rings. The Morgan fingerprint density at radius 3 is 1.39 bits per heavy atom. The molecule has 18 heavy (non-hydrogen) atoms. The number of aromatic nitrogens is 4. The van der Waals surface area contributed by atoms with E-state index in [1.165, 1.54) is 0 Å². The fourth-order valence-electron chi connectivity index (χ4n) is 2.08. The molecule has 90 valence electrons. The van der Waals surface area contributed by atoms with Crippen molar-refractivity contribution in [1.82, 2.24) is 19.1 Å². The third-order valence-electron chi connectivity index (χ3n) is 3.06. The molecule has 0 fully saturated rings. The predicted molar refractivity (Wildman–Crippen MR) is 70.2 cm³/mol. The van der Waals surface area contributed by atoms with Crippen molar-refractivity contribution >= 4 is 0 Å². The van der Waals surface area contributed by atoms with Crippen molar-refractivity contribution in [2.75, 3.05) is 0 Å². The third kappa shape index (κ3) is 1.72. The van der Waals surface area contributed by atoms with Gasteiger partial charge in [-0.3, -0.25) is 0 Å². The summed E-state index contributed by atoms with van der Waals surface area (Å²) in [7, 11) is 0. The first kappa shape index (κ1) is 10.8. The predicted octanol–water partition coefficient (Wildman–Crippen LogP) is 2.67. The second kappa shape index (κ2) is 4.14. The van der Waals surface area contributed by atoms with Gasteiger partial charge < -0.3 is 9.13 Å². The van der Waals surface area contributed by atoms with Gasteiger partial charge in [0.15, 0.2) is 0 Å². The summed E-state index contributed by atoms with van der Waals surface area (Å²) in [6, 6.07) is 8.35. The Kier molecular flexibility index (Phi) is 2.48. The second-order valence-corrected chi connectivity index (χ2v) is 4.21. The van der Waals surface area contributed by atoms with Crippen molar-refractivity contribution in [3.05, 3.63) is 60.7 Å². The molecule has 0 atom stereocenters. The van der Waals surface area contributed by atoms with E-state index in [-0.39, 0.29) is 0 Å². The summed E-state index contributed by atoms with van der Waals surface area (Å²) < 4.78 is 4.12. The highest BCUT2D eigenvalue weighted by molar-refractivity contribution is 5.42. The van der Waals surface area contributed by atoms with Crippen LogP contribution in [0, 0.1) is 13.8 Å². The average molecular weight is 238 g/mol. The van der Waals surface area contributed by atoms with Gasteiger partial charge in [-0.05, 0) is 38.1 Å². The van der Waals surface area contributed by atoms with Gasteiger partial charge in [-0.2, -0.15) is 0 Å². The van der Waals surface area contributed by atoms with Crippen LogP contribution < -0.4 is 0 Å². The summed E-state index contributed by atoms with van der Waals surface area (Å²) in [6.07, 6.45) is 7.55. The number of imidazole rings is 2. The van der Waals surface area contributed by atoms with Crippen LogP contribution in [0.2, 0.25) is 0 Å². The SMILES string of the molecule is Cc1nccn1-c1ccc(-n2ccnc2C)cc1. The van der Waals surface area contributed by atoms with Crippen LogP contribution in [0.15, 0.2) is 49.1 Å². The topological polar surface area (TPSA) is 35.6 Å². The third-order valence-corrected chi connectivity index (χ3v) is 3.06. The van der Waals surface area contributed by atoms with Crippen molar-refractivity contribution in [3.63, 3.8) is 0 Å². The Morgan fingerprint density at radius 2 is 1.11 bits per heavy atom. The van der Waals surface area contributed by atoms with Crippen LogP contribution in [-0.2, 0) is 0 Å². The van der Waals surface area contributed by atoms with Crippen LogP contribution in [0.4, 0.5) is 0 Å². The van der Waals surface area contributed by atoms with E-state index in [4.69, 9.17) is 0 Å². The van der Waals surface area contributed by atoms with E-state index >= 15 is 0 Å². The van der Waals surface area contributed by atoms with Gasteiger partial charge in [0.1, 0.15) is 11.6 Å². The summed E-state index contributed by atoms with van der Waals surface area (Å²) >= 11 is 0. The molecule has 0 bridgehead atoms. The van der Waals surface area contributed by atoms with Gasteiger partial charge in [-0.15, -0.1) is 0 Å². The molecule has 4 nitrogen and oxygen atoms in total. The molecule has 0 aliphatic heterocycles. The van der Waals surface area contributed by atoms with Crippen molar-refractivity contribution in [1.29, 1.82) is 0 Å². The number of hydrogen-bond donors (Lipinski definition) is 0. The Bertz CT molecular complexity index is 602. The number of benzene rings is 1. The van der Waals surface area contributed by atoms with Gasteiger partial charge in [-0.1, -0.05) is 0 Å². The number of aryl methyl sites for hydroxylation is 2. The molecular formula is C14H14N4. The lowest BCUT2D eigenvalue weighted by Gasteiger charge is -2.08. The highest BCUT2D eigenvalue weighted by atomic mass is 15.1. The lowest BCUT2D eigenvalue weighted by molar-refractivity contribution is 0.956. The van der Waals surface area contributed by atoms with E-state index in [1.807, 2.05) is 38.6 Å². The molecule has 2 aromatic heterocycles. The maximum absolute atomic E-state index is 4.23. The molecule has 3 aromatic rings. The maximum Gasteiger partial charge on any atom is 0.110 e. The summed E-state index contributed by atoms with van der Waals surface area (Å²) in [5.41, 5.74) is 2.23. The molecule has 0 spiro atoms. The zero-order valence-corrected chi connectivity index (χ0v) is 10.4. The van der Waals surface area contributed by atoms with Crippen molar-refractivity contribution in [2.45, 2.75) is 13.8 Å². The maximum atomic E-state index is 4.23. The van der Waals surface area contributed by atoms with Crippen LogP contribution in [0.5, 0.6) is 0 Å². The first-order valence-electron chi connectivity index (χ1n) is 5.86. The summed E-state index contributed by atoms with van der Waals surface area (Å²) in [5, 5.41) is 0. The fourth-order valence-corrected chi connectivity index (χ4v) is 2.08. The Balaban J connectivity index is 2.00. The van der Waals surface area contributed by atoms with E-state index in [0.717, 1.165) is 23.0 Å². The standard InChI is InChI=1S/C14H14N4/c1-11-15-7-9-17(11)13-3-5-14(6-4-13)18-10-8-16-12(18)2/h3-10H,1-2H3. The van der Waals surface area contributed by atoms with Gasteiger partial charge in [0, 0.05) is 36.2 Å². The van der Waals surface area contributed by atoms with E-state index in [0.29, 0.717) is 0 Å². The van der Waals surface area contributed by atoms with Crippen LogP contribution in [0.25, 0.3) is 11.4 Å². The molecule has 0 saturated heterocycles. The van der Waals surface area contributed by atoms with Crippen LogP contribution in [0.1, 0.15) is 11.6 Å². The minimum absolute atomic E-state index is 0.988. The molecule has 0 aliphatic carbocycles. The molecule has 1 aromatic carbocycles.